The van der Waals surface area contributed by atoms with Crippen molar-refractivity contribution in [3.63, 3.8) is 0 Å². The van der Waals surface area contributed by atoms with Crippen molar-refractivity contribution >= 4 is 11.6 Å². The second kappa shape index (κ2) is 9.40. The normalized spacial score (nSPS) is 28.2. The topological polar surface area (TPSA) is 120 Å². The predicted molar refractivity (Wildman–Crippen MR) is 106 cm³/mol. The maximum Gasteiger partial charge on any atom is 0.119 e. The van der Waals surface area contributed by atoms with Gasteiger partial charge >= 0.3 is 0 Å². The average molecular weight is 425 g/mol. The van der Waals surface area contributed by atoms with E-state index in [0.29, 0.717) is 34.1 Å². The Labute approximate surface area is 173 Å². The molecule has 1 aliphatic rings. The first-order valence-electron chi connectivity index (χ1n) is 9.38. The molecule has 29 heavy (non-hydrogen) atoms. The smallest absolute Gasteiger partial charge is 0.119 e. The third kappa shape index (κ3) is 4.57. The van der Waals surface area contributed by atoms with Crippen LogP contribution >= 0.6 is 11.6 Å². The third-order valence-corrected chi connectivity index (χ3v) is 5.39. The van der Waals surface area contributed by atoms with E-state index in [9.17, 15) is 25.5 Å². The Morgan fingerprint density at radius 3 is 2.34 bits per heavy atom. The first kappa shape index (κ1) is 22.0. The second-order valence-electron chi connectivity index (χ2n) is 6.94. The first-order valence-corrected chi connectivity index (χ1v) is 9.75. The van der Waals surface area contributed by atoms with Gasteiger partial charge in [0.05, 0.1) is 13.2 Å². The average Bonchev–Trinajstić information content (AvgIpc) is 2.73. The van der Waals surface area contributed by atoms with Crippen LogP contribution in [-0.4, -0.2) is 63.2 Å². The van der Waals surface area contributed by atoms with Crippen LogP contribution in [0.1, 0.15) is 35.8 Å². The van der Waals surface area contributed by atoms with E-state index in [4.69, 9.17) is 21.1 Å². The summed E-state index contributed by atoms with van der Waals surface area (Å²) >= 11 is 6.29. The van der Waals surface area contributed by atoms with Crippen LogP contribution in [0.2, 0.25) is 5.02 Å². The van der Waals surface area contributed by atoms with Gasteiger partial charge in [-0.3, -0.25) is 0 Å². The number of halogens is 1. The van der Waals surface area contributed by atoms with E-state index in [1.807, 2.05) is 6.92 Å². The number of aliphatic hydroxyl groups is 5. The summed E-state index contributed by atoms with van der Waals surface area (Å²) in [6, 6.07) is 11.7. The van der Waals surface area contributed by atoms with Crippen molar-refractivity contribution in [3.8, 4) is 5.75 Å². The second-order valence-corrected chi connectivity index (χ2v) is 7.34. The Kier molecular flexibility index (Phi) is 7.13. The molecule has 1 fully saturated rings. The van der Waals surface area contributed by atoms with E-state index in [2.05, 4.69) is 0 Å². The molecule has 5 N–H and O–H groups in total. The molecule has 0 saturated carbocycles. The van der Waals surface area contributed by atoms with E-state index in [1.165, 1.54) is 0 Å². The van der Waals surface area contributed by atoms with Gasteiger partial charge in [-0.15, -0.1) is 0 Å². The molecule has 0 spiro atoms. The molecule has 0 radical (unpaired) electrons. The quantitative estimate of drug-likeness (QED) is 0.474. The van der Waals surface area contributed by atoms with Crippen molar-refractivity contribution < 1.29 is 35.0 Å². The molecule has 3 rings (SSSR count). The zero-order chi connectivity index (χ0) is 21.1. The molecule has 1 unspecified atom stereocenters. The molecule has 7 nitrogen and oxygen atoms in total. The van der Waals surface area contributed by atoms with Crippen molar-refractivity contribution in [3.05, 3.63) is 64.2 Å². The number of ether oxygens (including phenoxy) is 2. The molecule has 6 atom stereocenters. The summed E-state index contributed by atoms with van der Waals surface area (Å²) in [4.78, 5) is 0. The van der Waals surface area contributed by atoms with Gasteiger partial charge in [-0.1, -0.05) is 29.8 Å². The zero-order valence-electron chi connectivity index (χ0n) is 15.9. The maximum atomic E-state index is 10.8. The van der Waals surface area contributed by atoms with Crippen LogP contribution < -0.4 is 4.74 Å². The lowest BCUT2D eigenvalue weighted by atomic mass is 9.89. The summed E-state index contributed by atoms with van der Waals surface area (Å²) in [6.45, 7) is 1.90. The SMILES string of the molecule is CCOc1ccc(C(O)c2cc([C@@H]3O[C@H](CO)[C@@H](O)[C@H](O)[C@H]3O)ccc2Cl)cc1. The van der Waals surface area contributed by atoms with Crippen LogP contribution in [0.25, 0.3) is 0 Å². The lowest BCUT2D eigenvalue weighted by Gasteiger charge is -2.40. The fraction of sp³-hybridized carbons (Fsp3) is 0.429. The molecule has 2 aromatic carbocycles. The highest BCUT2D eigenvalue weighted by Crippen LogP contribution is 2.36. The molecule has 0 aromatic heterocycles. The van der Waals surface area contributed by atoms with Gasteiger partial charge in [-0.2, -0.15) is 0 Å². The number of hydrogen-bond acceptors (Lipinski definition) is 7. The fourth-order valence-electron chi connectivity index (χ4n) is 3.42. The van der Waals surface area contributed by atoms with Gasteiger partial charge in [0.15, 0.2) is 0 Å². The van der Waals surface area contributed by atoms with Crippen LogP contribution in [0.4, 0.5) is 0 Å². The van der Waals surface area contributed by atoms with Crippen LogP contribution in [0.15, 0.2) is 42.5 Å². The van der Waals surface area contributed by atoms with Gasteiger partial charge in [0.25, 0.3) is 0 Å². The van der Waals surface area contributed by atoms with Crippen molar-refractivity contribution in [1.82, 2.24) is 0 Å². The summed E-state index contributed by atoms with van der Waals surface area (Å²) in [5.74, 6) is 0.685. The van der Waals surface area contributed by atoms with Gasteiger partial charge in [0.1, 0.15) is 42.4 Å². The van der Waals surface area contributed by atoms with Crippen molar-refractivity contribution in [1.29, 1.82) is 0 Å². The van der Waals surface area contributed by atoms with E-state index >= 15 is 0 Å². The Balaban J connectivity index is 1.89. The van der Waals surface area contributed by atoms with Crippen LogP contribution in [0, 0.1) is 0 Å². The van der Waals surface area contributed by atoms with Crippen LogP contribution in [-0.2, 0) is 4.74 Å². The Morgan fingerprint density at radius 2 is 1.72 bits per heavy atom. The predicted octanol–water partition coefficient (Wildman–Crippen LogP) is 1.34. The Hall–Kier alpha value is -1.71. The molecule has 1 saturated heterocycles. The maximum absolute atomic E-state index is 10.8. The van der Waals surface area contributed by atoms with Crippen molar-refractivity contribution in [2.45, 2.75) is 43.5 Å². The molecular formula is C21H25ClO7. The summed E-state index contributed by atoms with van der Waals surface area (Å²) in [6.07, 6.45) is -7.40. The standard InChI is InChI=1S/C21H25ClO7/c1-2-28-13-6-3-11(4-7-13)17(24)14-9-12(5-8-15(14)22)21-20(27)19(26)18(25)16(10-23)29-21/h3-9,16-21,23-27H,2,10H2,1H3/t16-,17?,18-,19+,20-,21+/m1/s1. The Morgan fingerprint density at radius 1 is 1.03 bits per heavy atom. The van der Waals surface area contributed by atoms with Gasteiger partial charge in [-0.05, 0) is 42.3 Å². The highest BCUT2D eigenvalue weighted by molar-refractivity contribution is 6.31. The minimum absolute atomic E-state index is 0.319. The Bertz CT molecular complexity index is 811. The number of rotatable bonds is 6. The highest BCUT2D eigenvalue weighted by atomic mass is 35.5. The van der Waals surface area contributed by atoms with E-state index < -0.39 is 43.2 Å². The monoisotopic (exact) mass is 424 g/mol. The molecule has 0 amide bonds. The molecule has 2 aromatic rings. The van der Waals surface area contributed by atoms with Gasteiger partial charge in [0, 0.05) is 10.6 Å². The fourth-order valence-corrected chi connectivity index (χ4v) is 3.64. The molecule has 8 heteroatoms. The van der Waals surface area contributed by atoms with E-state index in [1.54, 1.807) is 42.5 Å². The largest absolute Gasteiger partial charge is 0.494 e. The summed E-state index contributed by atoms with van der Waals surface area (Å²) in [5.41, 5.74) is 1.44. The number of aliphatic hydroxyl groups excluding tert-OH is 5. The molecule has 0 bridgehead atoms. The van der Waals surface area contributed by atoms with E-state index in [-0.39, 0.29) is 0 Å². The van der Waals surface area contributed by atoms with Gasteiger partial charge in [0.2, 0.25) is 0 Å². The third-order valence-electron chi connectivity index (χ3n) is 5.04. The molecular weight excluding hydrogens is 400 g/mol. The van der Waals surface area contributed by atoms with Gasteiger partial charge in [-0.25, -0.2) is 0 Å². The number of hydrogen-bond donors (Lipinski definition) is 5. The molecule has 0 aliphatic carbocycles. The minimum atomic E-state index is -1.49. The lowest BCUT2D eigenvalue weighted by Crippen LogP contribution is -2.55. The minimum Gasteiger partial charge on any atom is -0.494 e. The van der Waals surface area contributed by atoms with Crippen LogP contribution in [0.3, 0.4) is 0 Å². The highest BCUT2D eigenvalue weighted by Gasteiger charge is 2.44. The number of benzene rings is 2. The first-order chi connectivity index (χ1) is 13.9. The van der Waals surface area contributed by atoms with Crippen molar-refractivity contribution in [2.24, 2.45) is 0 Å². The van der Waals surface area contributed by atoms with Crippen molar-refractivity contribution in [2.75, 3.05) is 13.2 Å². The zero-order valence-corrected chi connectivity index (χ0v) is 16.6. The van der Waals surface area contributed by atoms with Gasteiger partial charge < -0.3 is 35.0 Å². The summed E-state index contributed by atoms with van der Waals surface area (Å²) < 4.78 is 11.0. The van der Waals surface area contributed by atoms with E-state index in [0.717, 1.165) is 0 Å². The lowest BCUT2D eigenvalue weighted by molar-refractivity contribution is -0.231. The summed E-state index contributed by atoms with van der Waals surface area (Å²) in [5, 5.41) is 50.8. The molecule has 1 aliphatic heterocycles. The van der Waals surface area contributed by atoms with Crippen LogP contribution in [0.5, 0.6) is 5.75 Å². The summed E-state index contributed by atoms with van der Waals surface area (Å²) in [7, 11) is 0. The molecule has 1 heterocycles. The molecule has 158 valence electrons.